The lowest BCUT2D eigenvalue weighted by Gasteiger charge is -2.41. The van der Waals surface area contributed by atoms with Crippen molar-refractivity contribution >= 4 is 0 Å². The van der Waals surface area contributed by atoms with Gasteiger partial charge in [-0.1, -0.05) is 0 Å². The van der Waals surface area contributed by atoms with Crippen LogP contribution in [0.1, 0.15) is 13.8 Å². The molecule has 1 heterocycles. The van der Waals surface area contributed by atoms with E-state index in [4.69, 9.17) is 19.8 Å². The van der Waals surface area contributed by atoms with E-state index in [0.717, 1.165) is 0 Å². The van der Waals surface area contributed by atoms with Gasteiger partial charge in [-0.3, -0.25) is 5.26 Å². The van der Waals surface area contributed by atoms with Gasteiger partial charge < -0.3 is 14.6 Å². The fourth-order valence-electron chi connectivity index (χ4n) is 1.09. The van der Waals surface area contributed by atoms with E-state index in [1.807, 2.05) is 0 Å². The molecule has 1 fully saturated rings. The Morgan fingerprint density at radius 2 is 1.85 bits per heavy atom. The Morgan fingerprint density at radius 3 is 2.23 bits per heavy atom. The minimum Gasteiger partial charge on any atom is -0.396 e. The van der Waals surface area contributed by atoms with Crippen molar-refractivity contribution in [2.24, 2.45) is 5.41 Å². The number of aliphatic hydroxyl groups is 1. The molecule has 0 bridgehead atoms. The van der Waals surface area contributed by atoms with Gasteiger partial charge in [0.25, 0.3) is 0 Å². The molecule has 5 nitrogen and oxygen atoms in total. The van der Waals surface area contributed by atoms with Gasteiger partial charge in [0.1, 0.15) is 0 Å². The Bertz CT molecular complexity index is 158. The van der Waals surface area contributed by atoms with E-state index < -0.39 is 11.2 Å². The normalized spacial score (nSPS) is 25.8. The smallest absolute Gasteiger partial charge is 0.162 e. The molecular weight excluding hydrogens is 176 g/mol. The molecule has 13 heavy (non-hydrogen) atoms. The van der Waals surface area contributed by atoms with Crippen LogP contribution in [0.4, 0.5) is 0 Å². The van der Waals surface area contributed by atoms with Crippen LogP contribution in [0.3, 0.4) is 0 Å². The van der Waals surface area contributed by atoms with Crippen LogP contribution in [0, 0.1) is 5.41 Å². The molecule has 0 saturated carbocycles. The van der Waals surface area contributed by atoms with Crippen LogP contribution in [0.15, 0.2) is 0 Å². The first kappa shape index (κ1) is 10.9. The first-order chi connectivity index (χ1) is 6.04. The highest BCUT2D eigenvalue weighted by molar-refractivity contribution is 4.82. The lowest BCUT2D eigenvalue weighted by atomic mass is 9.91. The molecule has 5 heteroatoms. The first-order valence-electron chi connectivity index (χ1n) is 4.19. The van der Waals surface area contributed by atoms with Crippen molar-refractivity contribution in [3.63, 3.8) is 0 Å². The van der Waals surface area contributed by atoms with E-state index in [2.05, 4.69) is 4.89 Å². The summed E-state index contributed by atoms with van der Waals surface area (Å²) < 4.78 is 10.7. The van der Waals surface area contributed by atoms with Crippen molar-refractivity contribution in [3.8, 4) is 0 Å². The molecule has 0 atom stereocenters. The van der Waals surface area contributed by atoms with Gasteiger partial charge in [-0.25, -0.2) is 4.89 Å². The van der Waals surface area contributed by atoms with Gasteiger partial charge in [-0.15, -0.1) is 0 Å². The van der Waals surface area contributed by atoms with Crippen LogP contribution in [-0.2, 0) is 14.4 Å². The minimum absolute atomic E-state index is 0.0135. The summed E-state index contributed by atoms with van der Waals surface area (Å²) in [5.74, 6) is -0.617. The third kappa shape index (κ3) is 2.62. The van der Waals surface area contributed by atoms with Gasteiger partial charge in [-0.2, -0.15) is 0 Å². The van der Waals surface area contributed by atoms with Crippen molar-refractivity contribution in [1.29, 1.82) is 0 Å². The first-order valence-corrected chi connectivity index (χ1v) is 4.19. The minimum atomic E-state index is -0.635. The predicted molar refractivity (Wildman–Crippen MR) is 44.1 cm³/mol. The van der Waals surface area contributed by atoms with E-state index in [1.54, 1.807) is 13.8 Å². The van der Waals surface area contributed by atoms with Crippen LogP contribution >= 0.6 is 0 Å². The molecule has 1 aliphatic rings. The third-order valence-corrected chi connectivity index (χ3v) is 2.16. The van der Waals surface area contributed by atoms with Crippen LogP contribution in [0.25, 0.3) is 0 Å². The Labute approximate surface area is 77.1 Å². The molecule has 0 unspecified atom stereocenters. The lowest BCUT2D eigenvalue weighted by Crippen LogP contribution is -2.50. The second-order valence-electron chi connectivity index (χ2n) is 3.91. The number of rotatable bonds is 3. The predicted octanol–water partition coefficient (Wildman–Crippen LogP) is 0.238. The fourth-order valence-corrected chi connectivity index (χ4v) is 1.09. The van der Waals surface area contributed by atoms with E-state index in [0.29, 0.717) is 13.2 Å². The summed E-state index contributed by atoms with van der Waals surface area (Å²) in [4.78, 5) is 4.02. The summed E-state index contributed by atoms with van der Waals surface area (Å²) in [6.07, 6.45) is 0. The summed E-state index contributed by atoms with van der Waals surface area (Å²) in [6, 6.07) is 0. The molecule has 1 aliphatic heterocycles. The van der Waals surface area contributed by atoms with Crippen LogP contribution in [-0.4, -0.2) is 42.6 Å². The van der Waals surface area contributed by atoms with Gasteiger partial charge in [0.05, 0.1) is 31.8 Å². The summed E-state index contributed by atoms with van der Waals surface area (Å²) >= 11 is 0. The largest absolute Gasteiger partial charge is 0.396 e. The maximum Gasteiger partial charge on any atom is 0.162 e. The molecule has 0 aromatic rings. The van der Waals surface area contributed by atoms with Crippen molar-refractivity contribution in [1.82, 2.24) is 0 Å². The standard InChI is InChI=1S/C8H16O5/c1-7(2)11-4-8(3-9,5-12-7)6-13-10/h9-10H,3-6H2,1-2H3. The van der Waals surface area contributed by atoms with Crippen molar-refractivity contribution < 1.29 is 24.7 Å². The van der Waals surface area contributed by atoms with Crippen LogP contribution in [0.2, 0.25) is 0 Å². The van der Waals surface area contributed by atoms with E-state index in [-0.39, 0.29) is 13.2 Å². The SMILES string of the molecule is CC1(C)OCC(CO)(COO)CO1. The second kappa shape index (κ2) is 3.89. The summed E-state index contributed by atoms with van der Waals surface area (Å²) in [6.45, 7) is 4.11. The lowest BCUT2D eigenvalue weighted by molar-refractivity contribution is -0.329. The quantitative estimate of drug-likeness (QED) is 0.495. The molecule has 0 aliphatic carbocycles. The average Bonchev–Trinajstić information content (AvgIpc) is 2.10. The van der Waals surface area contributed by atoms with Crippen LogP contribution in [0.5, 0.6) is 0 Å². The third-order valence-electron chi connectivity index (χ3n) is 2.16. The molecule has 0 aromatic heterocycles. The summed E-state index contributed by atoms with van der Waals surface area (Å²) in [5.41, 5.74) is -0.635. The number of hydrogen-bond acceptors (Lipinski definition) is 5. The van der Waals surface area contributed by atoms with Gasteiger partial charge in [0, 0.05) is 0 Å². The number of aliphatic hydroxyl groups excluding tert-OH is 1. The molecule has 78 valence electrons. The molecule has 1 saturated heterocycles. The second-order valence-corrected chi connectivity index (χ2v) is 3.91. The van der Waals surface area contributed by atoms with Gasteiger partial charge in [0.15, 0.2) is 5.79 Å². The zero-order valence-corrected chi connectivity index (χ0v) is 7.95. The van der Waals surface area contributed by atoms with Crippen LogP contribution < -0.4 is 0 Å². The van der Waals surface area contributed by atoms with Crippen molar-refractivity contribution in [2.75, 3.05) is 26.4 Å². The fraction of sp³-hybridized carbons (Fsp3) is 1.00. The van der Waals surface area contributed by atoms with E-state index in [1.165, 1.54) is 0 Å². The van der Waals surface area contributed by atoms with Crippen molar-refractivity contribution in [2.45, 2.75) is 19.6 Å². The Balaban J connectivity index is 2.52. The molecule has 0 amide bonds. The zero-order valence-electron chi connectivity index (χ0n) is 7.95. The Hall–Kier alpha value is -0.200. The summed E-state index contributed by atoms with van der Waals surface area (Å²) in [5, 5.41) is 17.4. The highest BCUT2D eigenvalue weighted by Gasteiger charge is 2.40. The number of hydrogen-bond donors (Lipinski definition) is 2. The molecular formula is C8H16O5. The Morgan fingerprint density at radius 1 is 1.31 bits per heavy atom. The van der Waals surface area contributed by atoms with Gasteiger partial charge in [0.2, 0.25) is 0 Å². The zero-order chi connectivity index (χ0) is 9.95. The van der Waals surface area contributed by atoms with Gasteiger partial charge in [-0.05, 0) is 13.8 Å². The maximum atomic E-state index is 9.09. The Kier molecular flexibility index (Phi) is 3.26. The molecule has 2 N–H and O–H groups in total. The molecule has 0 radical (unpaired) electrons. The molecule has 0 aromatic carbocycles. The number of ether oxygens (including phenoxy) is 2. The highest BCUT2D eigenvalue weighted by Crippen LogP contribution is 2.29. The van der Waals surface area contributed by atoms with E-state index in [9.17, 15) is 0 Å². The molecule has 0 spiro atoms. The highest BCUT2D eigenvalue weighted by atomic mass is 17.1. The monoisotopic (exact) mass is 192 g/mol. The topological polar surface area (TPSA) is 68.2 Å². The average molecular weight is 192 g/mol. The van der Waals surface area contributed by atoms with E-state index >= 15 is 0 Å². The van der Waals surface area contributed by atoms with Gasteiger partial charge >= 0.3 is 0 Å². The molecule has 1 rings (SSSR count). The summed E-state index contributed by atoms with van der Waals surface area (Å²) in [7, 11) is 0. The van der Waals surface area contributed by atoms with Crippen molar-refractivity contribution in [3.05, 3.63) is 0 Å². The maximum absolute atomic E-state index is 9.09.